The van der Waals surface area contributed by atoms with Crippen LogP contribution in [-0.4, -0.2) is 8.42 Å². The van der Waals surface area contributed by atoms with E-state index in [1.165, 1.54) is 6.07 Å². The molecule has 0 fully saturated rings. The molecule has 0 heterocycles. The summed E-state index contributed by atoms with van der Waals surface area (Å²) in [7, 11) is -3.63. The van der Waals surface area contributed by atoms with E-state index in [2.05, 4.69) is 20.7 Å². The van der Waals surface area contributed by atoms with E-state index >= 15 is 0 Å². The lowest BCUT2D eigenvalue weighted by Gasteiger charge is -2.09. The predicted octanol–water partition coefficient (Wildman–Crippen LogP) is 3.16. The molecule has 0 aromatic heterocycles. The van der Waals surface area contributed by atoms with Gasteiger partial charge < -0.3 is 5.73 Å². The van der Waals surface area contributed by atoms with Crippen LogP contribution in [0.2, 0.25) is 5.02 Å². The Morgan fingerprint density at radius 1 is 1.15 bits per heavy atom. The Balaban J connectivity index is 2.19. The Labute approximate surface area is 131 Å². The maximum Gasteiger partial charge on any atom is 0.242 e. The molecule has 2 rings (SSSR count). The number of nitrogen functional groups attached to an aromatic ring is 1. The summed E-state index contributed by atoms with van der Waals surface area (Å²) in [6.45, 7) is 0.181. The predicted molar refractivity (Wildman–Crippen MR) is 84.0 cm³/mol. The summed E-state index contributed by atoms with van der Waals surface area (Å²) in [5.41, 5.74) is 6.83. The van der Waals surface area contributed by atoms with Crippen LogP contribution in [0.4, 0.5) is 5.69 Å². The van der Waals surface area contributed by atoms with Crippen LogP contribution in [-0.2, 0) is 16.6 Å². The van der Waals surface area contributed by atoms with Gasteiger partial charge in [0.25, 0.3) is 0 Å². The lowest BCUT2D eigenvalue weighted by atomic mass is 10.2. The highest BCUT2D eigenvalue weighted by Crippen LogP contribution is 2.24. The van der Waals surface area contributed by atoms with Crippen molar-refractivity contribution in [2.45, 2.75) is 11.4 Å². The van der Waals surface area contributed by atoms with Crippen molar-refractivity contribution < 1.29 is 8.42 Å². The molecule has 0 radical (unpaired) electrons. The highest BCUT2D eigenvalue weighted by Gasteiger charge is 2.17. The Bertz CT molecular complexity index is 718. The van der Waals surface area contributed by atoms with E-state index in [-0.39, 0.29) is 11.4 Å². The zero-order valence-corrected chi connectivity index (χ0v) is 13.5. The second-order valence-electron chi connectivity index (χ2n) is 4.14. The summed E-state index contributed by atoms with van der Waals surface area (Å²) in [6, 6.07) is 11.6. The Morgan fingerprint density at radius 2 is 1.80 bits per heavy atom. The molecule has 0 atom stereocenters. The van der Waals surface area contributed by atoms with Crippen LogP contribution in [0.1, 0.15) is 5.56 Å². The van der Waals surface area contributed by atoms with Crippen molar-refractivity contribution in [1.29, 1.82) is 0 Å². The smallest absolute Gasteiger partial charge is 0.242 e. The molecule has 0 saturated heterocycles. The fraction of sp³-hybridized carbons (Fsp3) is 0.0769. The van der Waals surface area contributed by atoms with Gasteiger partial charge in [-0.2, -0.15) is 0 Å². The first-order chi connectivity index (χ1) is 9.38. The summed E-state index contributed by atoms with van der Waals surface area (Å²) in [4.78, 5) is 0.117. The molecule has 0 aliphatic carbocycles. The average Bonchev–Trinajstić information content (AvgIpc) is 2.41. The maximum atomic E-state index is 12.2. The molecule has 7 heteroatoms. The van der Waals surface area contributed by atoms with Gasteiger partial charge in [-0.1, -0.05) is 23.7 Å². The summed E-state index contributed by atoms with van der Waals surface area (Å²) < 4.78 is 27.4. The van der Waals surface area contributed by atoms with E-state index in [1.54, 1.807) is 36.4 Å². The van der Waals surface area contributed by atoms with E-state index in [1.807, 2.05) is 0 Å². The first kappa shape index (κ1) is 15.3. The maximum absolute atomic E-state index is 12.2. The first-order valence-electron chi connectivity index (χ1n) is 5.67. The van der Waals surface area contributed by atoms with Crippen LogP contribution in [0.15, 0.2) is 51.8 Å². The summed E-state index contributed by atoms with van der Waals surface area (Å²) in [5, 5.41) is 0.607. The second kappa shape index (κ2) is 6.13. The number of rotatable bonds is 4. The first-order valence-corrected chi connectivity index (χ1v) is 8.33. The van der Waals surface area contributed by atoms with Crippen LogP contribution >= 0.6 is 27.5 Å². The highest BCUT2D eigenvalue weighted by atomic mass is 79.9. The van der Waals surface area contributed by atoms with Crippen molar-refractivity contribution >= 4 is 43.2 Å². The van der Waals surface area contributed by atoms with Crippen LogP contribution < -0.4 is 10.5 Å². The van der Waals surface area contributed by atoms with Gasteiger partial charge >= 0.3 is 0 Å². The fourth-order valence-electron chi connectivity index (χ4n) is 1.58. The van der Waals surface area contributed by atoms with Gasteiger partial charge in [0, 0.05) is 21.7 Å². The molecule has 2 aromatic rings. The Kier molecular flexibility index (Phi) is 4.70. The molecule has 106 valence electrons. The number of anilines is 1. The zero-order chi connectivity index (χ0) is 14.8. The fourth-order valence-corrected chi connectivity index (χ4v) is 3.72. The van der Waals surface area contributed by atoms with Gasteiger partial charge in [0.1, 0.15) is 0 Å². The minimum absolute atomic E-state index is 0.117. The molecular formula is C13H12BrClN2O2S. The molecule has 0 bridgehead atoms. The van der Waals surface area contributed by atoms with Gasteiger partial charge in [0.2, 0.25) is 10.0 Å². The van der Waals surface area contributed by atoms with Crippen LogP contribution in [0.3, 0.4) is 0 Å². The minimum Gasteiger partial charge on any atom is -0.399 e. The number of hydrogen-bond donors (Lipinski definition) is 2. The average molecular weight is 376 g/mol. The third kappa shape index (κ3) is 3.73. The van der Waals surface area contributed by atoms with Crippen LogP contribution in [0, 0.1) is 0 Å². The van der Waals surface area contributed by atoms with Gasteiger partial charge in [0.15, 0.2) is 0 Å². The molecule has 20 heavy (non-hydrogen) atoms. The van der Waals surface area contributed by atoms with Crippen molar-refractivity contribution in [1.82, 2.24) is 4.72 Å². The van der Waals surface area contributed by atoms with Crippen molar-refractivity contribution in [3.63, 3.8) is 0 Å². The lowest BCUT2D eigenvalue weighted by molar-refractivity contribution is 0.581. The molecule has 0 aliphatic rings. The Hall–Kier alpha value is -1.08. The number of hydrogen-bond acceptors (Lipinski definition) is 3. The summed E-state index contributed by atoms with van der Waals surface area (Å²) >= 11 is 8.99. The number of nitrogens with one attached hydrogen (secondary N) is 1. The van der Waals surface area contributed by atoms with E-state index < -0.39 is 10.0 Å². The monoisotopic (exact) mass is 374 g/mol. The Morgan fingerprint density at radius 3 is 2.45 bits per heavy atom. The van der Waals surface area contributed by atoms with E-state index in [0.29, 0.717) is 15.2 Å². The van der Waals surface area contributed by atoms with Crippen molar-refractivity contribution in [3.05, 3.63) is 57.5 Å². The molecule has 0 spiro atoms. The normalized spacial score (nSPS) is 11.5. The van der Waals surface area contributed by atoms with E-state index in [0.717, 1.165) is 5.56 Å². The van der Waals surface area contributed by atoms with E-state index in [4.69, 9.17) is 17.3 Å². The second-order valence-corrected chi connectivity index (χ2v) is 7.17. The van der Waals surface area contributed by atoms with Crippen molar-refractivity contribution in [2.75, 3.05) is 5.73 Å². The third-order valence-corrected chi connectivity index (χ3v) is 5.27. The molecule has 0 amide bonds. The van der Waals surface area contributed by atoms with Crippen LogP contribution in [0.25, 0.3) is 0 Å². The van der Waals surface area contributed by atoms with Gasteiger partial charge in [-0.15, -0.1) is 0 Å². The lowest BCUT2D eigenvalue weighted by Crippen LogP contribution is -2.23. The number of nitrogens with two attached hydrogens (primary N) is 1. The molecule has 2 aromatic carbocycles. The molecule has 4 nitrogen and oxygen atoms in total. The summed E-state index contributed by atoms with van der Waals surface area (Å²) in [6.07, 6.45) is 0. The number of sulfonamides is 1. The quantitative estimate of drug-likeness (QED) is 0.806. The van der Waals surface area contributed by atoms with Crippen molar-refractivity contribution in [3.8, 4) is 0 Å². The molecule has 3 N–H and O–H groups in total. The summed E-state index contributed by atoms with van der Waals surface area (Å²) in [5.74, 6) is 0. The molecular weight excluding hydrogens is 364 g/mol. The zero-order valence-electron chi connectivity index (χ0n) is 10.3. The van der Waals surface area contributed by atoms with Crippen molar-refractivity contribution in [2.24, 2.45) is 0 Å². The van der Waals surface area contributed by atoms with E-state index in [9.17, 15) is 8.42 Å². The minimum atomic E-state index is -3.63. The number of benzene rings is 2. The number of halogens is 2. The molecule has 0 aliphatic heterocycles. The van der Waals surface area contributed by atoms with Gasteiger partial charge in [-0.25, -0.2) is 13.1 Å². The SMILES string of the molecule is Nc1ccc(Br)c(S(=O)(=O)NCc2ccc(Cl)cc2)c1. The van der Waals surface area contributed by atoms with Gasteiger partial charge in [-0.3, -0.25) is 0 Å². The molecule has 0 saturated carbocycles. The largest absolute Gasteiger partial charge is 0.399 e. The third-order valence-electron chi connectivity index (χ3n) is 2.62. The standard InChI is InChI=1S/C13H12BrClN2O2S/c14-12-6-5-11(16)7-13(12)20(18,19)17-8-9-1-3-10(15)4-2-9/h1-7,17H,8,16H2. The topological polar surface area (TPSA) is 72.2 Å². The van der Waals surface area contributed by atoms with Crippen LogP contribution in [0.5, 0.6) is 0 Å². The van der Waals surface area contributed by atoms with Gasteiger partial charge in [0.05, 0.1) is 4.90 Å². The highest BCUT2D eigenvalue weighted by molar-refractivity contribution is 9.10. The molecule has 0 unspecified atom stereocenters. The van der Waals surface area contributed by atoms with Gasteiger partial charge in [-0.05, 0) is 51.8 Å².